The quantitative estimate of drug-likeness (QED) is 0.527. The lowest BCUT2D eigenvalue weighted by Gasteiger charge is -2.36. The number of rotatable bonds is 7. The lowest BCUT2D eigenvalue weighted by Crippen LogP contribution is -2.36. The Bertz CT molecular complexity index is 402. The number of hydrogen-bond acceptors (Lipinski definition) is 5. The van der Waals surface area contributed by atoms with Crippen molar-refractivity contribution < 1.29 is 23.8 Å². The summed E-state index contributed by atoms with van der Waals surface area (Å²) in [5, 5.41) is 0. The molecule has 5 heteroatoms. The Morgan fingerprint density at radius 2 is 1.74 bits per heavy atom. The van der Waals surface area contributed by atoms with Crippen molar-refractivity contribution >= 4 is 11.9 Å². The standard InChI is InChI=1S/C18H32O5/c1-12(2)14-8-7-13(3)11-15(14)22-16(19)9-10-17(20)23-18(4,5)21-6/h12-15H,7-11H2,1-6H3. The Morgan fingerprint density at radius 1 is 1.13 bits per heavy atom. The number of carbonyl (C=O) groups excluding carboxylic acids is 2. The summed E-state index contributed by atoms with van der Waals surface area (Å²) in [6.07, 6.45) is 3.23. The molecule has 0 aliphatic heterocycles. The summed E-state index contributed by atoms with van der Waals surface area (Å²) in [5.41, 5.74) is 0. The van der Waals surface area contributed by atoms with Gasteiger partial charge in [0.25, 0.3) is 0 Å². The third-order valence-corrected chi connectivity index (χ3v) is 4.63. The van der Waals surface area contributed by atoms with E-state index in [1.165, 1.54) is 13.5 Å². The van der Waals surface area contributed by atoms with Gasteiger partial charge in [0.1, 0.15) is 6.10 Å². The molecule has 0 radical (unpaired) electrons. The minimum Gasteiger partial charge on any atom is -0.462 e. The summed E-state index contributed by atoms with van der Waals surface area (Å²) < 4.78 is 15.8. The predicted molar refractivity (Wildman–Crippen MR) is 87.6 cm³/mol. The number of methoxy groups -OCH3 is 1. The van der Waals surface area contributed by atoms with Gasteiger partial charge in [-0.05, 0) is 30.6 Å². The smallest absolute Gasteiger partial charge is 0.308 e. The van der Waals surface area contributed by atoms with Gasteiger partial charge < -0.3 is 14.2 Å². The van der Waals surface area contributed by atoms with Crippen molar-refractivity contribution in [3.05, 3.63) is 0 Å². The van der Waals surface area contributed by atoms with Crippen LogP contribution >= 0.6 is 0 Å². The third kappa shape index (κ3) is 6.90. The van der Waals surface area contributed by atoms with Crippen molar-refractivity contribution in [3.63, 3.8) is 0 Å². The molecule has 3 unspecified atom stereocenters. The predicted octanol–water partition coefficient (Wildman–Crippen LogP) is 3.70. The number of carbonyl (C=O) groups is 2. The molecule has 1 aliphatic rings. The number of esters is 2. The van der Waals surface area contributed by atoms with Gasteiger partial charge in [-0.1, -0.05) is 27.2 Å². The molecular formula is C18H32O5. The number of ether oxygens (including phenoxy) is 3. The maximum Gasteiger partial charge on any atom is 0.308 e. The lowest BCUT2D eigenvalue weighted by atomic mass is 9.75. The normalized spacial score (nSPS) is 25.3. The zero-order valence-electron chi connectivity index (χ0n) is 15.4. The lowest BCUT2D eigenvalue weighted by molar-refractivity contribution is -0.206. The zero-order valence-corrected chi connectivity index (χ0v) is 15.4. The molecule has 0 amide bonds. The van der Waals surface area contributed by atoms with Gasteiger partial charge in [0.15, 0.2) is 0 Å². The molecule has 0 saturated heterocycles. The van der Waals surface area contributed by atoms with Crippen LogP contribution in [0.15, 0.2) is 0 Å². The molecule has 0 bridgehead atoms. The van der Waals surface area contributed by atoms with Gasteiger partial charge >= 0.3 is 11.9 Å². The van der Waals surface area contributed by atoms with Crippen molar-refractivity contribution in [2.45, 2.75) is 78.6 Å². The van der Waals surface area contributed by atoms with Crippen LogP contribution in [0.3, 0.4) is 0 Å². The van der Waals surface area contributed by atoms with Crippen molar-refractivity contribution in [1.29, 1.82) is 0 Å². The SMILES string of the molecule is COC(C)(C)OC(=O)CCC(=O)OC1CC(C)CCC1C(C)C. The molecule has 0 aromatic heterocycles. The molecule has 1 saturated carbocycles. The second-order valence-corrected chi connectivity index (χ2v) is 7.43. The molecule has 1 aliphatic carbocycles. The van der Waals surface area contributed by atoms with Gasteiger partial charge in [-0.3, -0.25) is 9.59 Å². The molecular weight excluding hydrogens is 296 g/mol. The number of hydrogen-bond donors (Lipinski definition) is 0. The first-order valence-corrected chi connectivity index (χ1v) is 8.61. The van der Waals surface area contributed by atoms with Gasteiger partial charge in [-0.15, -0.1) is 0 Å². The molecule has 0 heterocycles. The van der Waals surface area contributed by atoms with Crippen LogP contribution < -0.4 is 0 Å². The molecule has 0 aromatic carbocycles. The van der Waals surface area contributed by atoms with Crippen LogP contribution in [0.25, 0.3) is 0 Å². The van der Waals surface area contributed by atoms with Gasteiger partial charge in [0.2, 0.25) is 5.79 Å². The molecule has 134 valence electrons. The highest BCUT2D eigenvalue weighted by Gasteiger charge is 2.33. The summed E-state index contributed by atoms with van der Waals surface area (Å²) in [5.74, 6) is -0.256. The fourth-order valence-electron chi connectivity index (χ4n) is 3.05. The summed E-state index contributed by atoms with van der Waals surface area (Å²) in [6, 6.07) is 0. The van der Waals surface area contributed by atoms with E-state index in [0.717, 1.165) is 12.8 Å². The first-order valence-electron chi connectivity index (χ1n) is 8.61. The van der Waals surface area contributed by atoms with E-state index in [0.29, 0.717) is 17.8 Å². The van der Waals surface area contributed by atoms with E-state index in [1.807, 2.05) is 0 Å². The largest absolute Gasteiger partial charge is 0.462 e. The highest BCUT2D eigenvalue weighted by Crippen LogP contribution is 2.35. The van der Waals surface area contributed by atoms with Gasteiger partial charge in [0, 0.05) is 21.0 Å². The van der Waals surface area contributed by atoms with E-state index < -0.39 is 11.8 Å². The van der Waals surface area contributed by atoms with Crippen molar-refractivity contribution in [2.75, 3.05) is 7.11 Å². The van der Waals surface area contributed by atoms with Crippen molar-refractivity contribution in [1.82, 2.24) is 0 Å². The van der Waals surface area contributed by atoms with Gasteiger partial charge in [-0.2, -0.15) is 0 Å². The summed E-state index contributed by atoms with van der Waals surface area (Å²) >= 11 is 0. The molecule has 3 atom stereocenters. The van der Waals surface area contributed by atoms with Crippen LogP contribution in [0.4, 0.5) is 0 Å². The highest BCUT2D eigenvalue weighted by molar-refractivity contribution is 5.77. The van der Waals surface area contributed by atoms with E-state index in [2.05, 4.69) is 20.8 Å². The Balaban J connectivity index is 2.44. The summed E-state index contributed by atoms with van der Waals surface area (Å²) in [7, 11) is 1.47. The minimum atomic E-state index is -0.970. The molecule has 1 rings (SSSR count). The maximum atomic E-state index is 12.1. The molecule has 0 N–H and O–H groups in total. The maximum absolute atomic E-state index is 12.1. The topological polar surface area (TPSA) is 61.8 Å². The summed E-state index contributed by atoms with van der Waals surface area (Å²) in [4.78, 5) is 23.8. The first-order chi connectivity index (χ1) is 10.6. The fraction of sp³-hybridized carbons (Fsp3) is 0.889. The van der Waals surface area contributed by atoms with E-state index in [1.54, 1.807) is 13.8 Å². The second kappa shape index (κ2) is 8.67. The third-order valence-electron chi connectivity index (χ3n) is 4.63. The molecule has 0 aromatic rings. The van der Waals surface area contributed by atoms with Crippen LogP contribution in [0, 0.1) is 17.8 Å². The minimum absolute atomic E-state index is 0.0141. The molecule has 0 spiro atoms. The second-order valence-electron chi connectivity index (χ2n) is 7.43. The first kappa shape index (κ1) is 19.9. The van der Waals surface area contributed by atoms with Crippen LogP contribution in [0.5, 0.6) is 0 Å². The molecule has 1 fully saturated rings. The monoisotopic (exact) mass is 328 g/mol. The van der Waals surface area contributed by atoms with Gasteiger partial charge in [-0.25, -0.2) is 0 Å². The van der Waals surface area contributed by atoms with E-state index in [-0.39, 0.29) is 24.9 Å². The van der Waals surface area contributed by atoms with Crippen LogP contribution in [-0.2, 0) is 23.8 Å². The van der Waals surface area contributed by atoms with Crippen LogP contribution in [-0.4, -0.2) is 30.9 Å². The van der Waals surface area contributed by atoms with Crippen LogP contribution in [0.2, 0.25) is 0 Å². The fourth-order valence-corrected chi connectivity index (χ4v) is 3.05. The Kier molecular flexibility index (Phi) is 7.52. The molecule has 23 heavy (non-hydrogen) atoms. The van der Waals surface area contributed by atoms with Gasteiger partial charge in [0.05, 0.1) is 12.8 Å². The van der Waals surface area contributed by atoms with Crippen LogP contribution in [0.1, 0.15) is 66.7 Å². The average molecular weight is 328 g/mol. The summed E-state index contributed by atoms with van der Waals surface area (Å²) in [6.45, 7) is 9.85. The van der Waals surface area contributed by atoms with E-state index >= 15 is 0 Å². The van der Waals surface area contributed by atoms with Crippen molar-refractivity contribution in [3.8, 4) is 0 Å². The van der Waals surface area contributed by atoms with E-state index in [9.17, 15) is 9.59 Å². The Morgan fingerprint density at radius 3 is 2.30 bits per heavy atom. The van der Waals surface area contributed by atoms with E-state index in [4.69, 9.17) is 14.2 Å². The molecule has 5 nitrogen and oxygen atoms in total. The average Bonchev–Trinajstić information content (AvgIpc) is 2.44. The van der Waals surface area contributed by atoms with Crippen molar-refractivity contribution in [2.24, 2.45) is 17.8 Å². The Labute approximate surface area is 140 Å². The zero-order chi connectivity index (χ0) is 17.6. The Hall–Kier alpha value is -1.10. The highest BCUT2D eigenvalue weighted by atomic mass is 16.7.